The van der Waals surface area contributed by atoms with E-state index in [1.165, 1.54) is 24.4 Å². The number of esters is 1. The van der Waals surface area contributed by atoms with E-state index >= 15 is 0 Å². The van der Waals surface area contributed by atoms with Gasteiger partial charge in [0, 0.05) is 11.6 Å². The number of hydrogen-bond donors (Lipinski definition) is 2. The van der Waals surface area contributed by atoms with Gasteiger partial charge in [-0.2, -0.15) is 5.10 Å². The van der Waals surface area contributed by atoms with Gasteiger partial charge in [0.2, 0.25) is 0 Å². The molecule has 166 valence electrons. The normalized spacial score (nSPS) is 10.8. The second-order valence-corrected chi connectivity index (χ2v) is 6.72. The number of benzene rings is 3. The number of nitrogens with one attached hydrogen (secondary N) is 2. The molecule has 0 saturated heterocycles. The zero-order valence-corrected chi connectivity index (χ0v) is 17.4. The number of halogens is 1. The summed E-state index contributed by atoms with van der Waals surface area (Å²) in [7, 11) is 0. The van der Waals surface area contributed by atoms with Crippen molar-refractivity contribution in [2.45, 2.75) is 0 Å². The van der Waals surface area contributed by atoms with Crippen molar-refractivity contribution in [2.24, 2.45) is 5.10 Å². The van der Waals surface area contributed by atoms with Gasteiger partial charge in [-0.15, -0.1) is 0 Å². The molecule has 0 aliphatic rings. The fourth-order valence-corrected chi connectivity index (χ4v) is 2.58. The van der Waals surface area contributed by atoms with Gasteiger partial charge in [0.05, 0.1) is 12.8 Å². The van der Waals surface area contributed by atoms with Gasteiger partial charge in [-0.25, -0.2) is 14.6 Å². The second-order valence-electron chi connectivity index (χ2n) is 6.72. The number of rotatable bonds is 8. The summed E-state index contributed by atoms with van der Waals surface area (Å²) in [5.41, 5.74) is 4.07. The first-order valence-electron chi connectivity index (χ1n) is 9.90. The van der Waals surface area contributed by atoms with E-state index in [0.717, 1.165) is 17.7 Å². The van der Waals surface area contributed by atoms with Gasteiger partial charge in [0.25, 0.3) is 11.8 Å². The molecule has 0 aliphatic heterocycles. The Hall–Kier alpha value is -4.59. The summed E-state index contributed by atoms with van der Waals surface area (Å²) in [5, 5.41) is 6.22. The van der Waals surface area contributed by atoms with E-state index < -0.39 is 23.6 Å². The Labute approximate surface area is 189 Å². The van der Waals surface area contributed by atoms with E-state index in [2.05, 4.69) is 15.8 Å². The lowest BCUT2D eigenvalue weighted by atomic mass is 10.2. The molecule has 0 radical (unpaired) electrons. The average Bonchev–Trinajstić information content (AvgIpc) is 2.83. The number of carbonyl (C=O) groups is 3. The van der Waals surface area contributed by atoms with E-state index in [1.54, 1.807) is 30.3 Å². The fraction of sp³-hybridized carbons (Fsp3) is 0.0400. The van der Waals surface area contributed by atoms with E-state index in [-0.39, 0.29) is 12.1 Å². The van der Waals surface area contributed by atoms with Crippen LogP contribution >= 0.6 is 0 Å². The third-order valence-electron chi connectivity index (χ3n) is 4.23. The van der Waals surface area contributed by atoms with Crippen LogP contribution in [0.25, 0.3) is 6.08 Å². The monoisotopic (exact) mass is 445 g/mol. The van der Waals surface area contributed by atoms with Gasteiger partial charge in [-0.1, -0.05) is 30.3 Å². The van der Waals surface area contributed by atoms with Crippen LogP contribution in [0.3, 0.4) is 0 Å². The third-order valence-corrected chi connectivity index (χ3v) is 4.23. The Morgan fingerprint density at radius 3 is 2.27 bits per heavy atom. The lowest BCUT2D eigenvalue weighted by Crippen LogP contribution is -2.34. The smallest absolute Gasteiger partial charge is 0.336 e. The summed E-state index contributed by atoms with van der Waals surface area (Å²) in [4.78, 5) is 35.6. The molecule has 33 heavy (non-hydrogen) atoms. The Balaban J connectivity index is 1.41. The van der Waals surface area contributed by atoms with Gasteiger partial charge in [-0.3, -0.25) is 9.59 Å². The maximum atomic E-state index is 12.9. The van der Waals surface area contributed by atoms with Crippen molar-refractivity contribution >= 4 is 30.1 Å². The van der Waals surface area contributed by atoms with E-state index in [4.69, 9.17) is 4.74 Å². The van der Waals surface area contributed by atoms with Crippen molar-refractivity contribution in [3.63, 3.8) is 0 Å². The highest BCUT2D eigenvalue weighted by molar-refractivity contribution is 5.96. The SMILES string of the molecule is O=C(CNC(=O)c1ccc(F)cc1)N/N=C/c1ccc(OC(=O)/C=C/c2ccccc2)cc1. The summed E-state index contributed by atoms with van der Waals surface area (Å²) in [5.74, 6) is -1.63. The van der Waals surface area contributed by atoms with Gasteiger partial charge in [-0.05, 0) is 65.7 Å². The second kappa shape index (κ2) is 11.7. The molecule has 0 unspecified atom stereocenters. The van der Waals surface area contributed by atoms with Crippen LogP contribution in [-0.2, 0) is 9.59 Å². The summed E-state index contributed by atoms with van der Waals surface area (Å²) < 4.78 is 18.1. The minimum atomic E-state index is -0.530. The molecule has 0 aromatic heterocycles. The van der Waals surface area contributed by atoms with Crippen LogP contribution in [0.15, 0.2) is 90.0 Å². The topological polar surface area (TPSA) is 96.9 Å². The highest BCUT2D eigenvalue weighted by Crippen LogP contribution is 2.12. The molecular formula is C25H20FN3O4. The molecular weight excluding hydrogens is 425 g/mol. The molecule has 2 amide bonds. The Morgan fingerprint density at radius 2 is 1.58 bits per heavy atom. The molecule has 3 aromatic carbocycles. The first-order chi connectivity index (χ1) is 16.0. The van der Waals surface area contributed by atoms with E-state index in [9.17, 15) is 18.8 Å². The average molecular weight is 445 g/mol. The predicted molar refractivity (Wildman–Crippen MR) is 122 cm³/mol. The fourth-order valence-electron chi connectivity index (χ4n) is 2.58. The van der Waals surface area contributed by atoms with Crippen LogP contribution in [0.5, 0.6) is 5.75 Å². The van der Waals surface area contributed by atoms with E-state index in [0.29, 0.717) is 11.3 Å². The van der Waals surface area contributed by atoms with Crippen molar-refractivity contribution in [2.75, 3.05) is 6.54 Å². The van der Waals surface area contributed by atoms with Crippen LogP contribution in [0.1, 0.15) is 21.5 Å². The molecule has 0 saturated carbocycles. The predicted octanol–water partition coefficient (Wildman–Crippen LogP) is 3.32. The quantitative estimate of drug-likeness (QED) is 0.183. The molecule has 7 nitrogen and oxygen atoms in total. The molecule has 0 heterocycles. The highest BCUT2D eigenvalue weighted by Gasteiger charge is 2.07. The molecule has 8 heteroatoms. The summed E-state index contributed by atoms with van der Waals surface area (Å²) in [6.07, 6.45) is 4.41. The van der Waals surface area contributed by atoms with Crippen LogP contribution in [0.2, 0.25) is 0 Å². The van der Waals surface area contributed by atoms with Crippen molar-refractivity contribution in [1.29, 1.82) is 0 Å². The van der Waals surface area contributed by atoms with Crippen molar-refractivity contribution in [1.82, 2.24) is 10.7 Å². The highest BCUT2D eigenvalue weighted by atomic mass is 19.1. The number of nitrogens with zero attached hydrogens (tertiary/aromatic N) is 1. The Bertz CT molecular complexity index is 1160. The lowest BCUT2D eigenvalue weighted by Gasteiger charge is -2.04. The summed E-state index contributed by atoms with van der Waals surface area (Å²) in [6, 6.07) is 20.9. The maximum absolute atomic E-state index is 12.9. The number of amides is 2. The van der Waals surface area contributed by atoms with Crippen molar-refractivity contribution in [3.05, 3.63) is 107 Å². The Kier molecular flexibility index (Phi) is 8.19. The molecule has 3 aromatic rings. The molecule has 0 bridgehead atoms. The molecule has 2 N–H and O–H groups in total. The molecule has 0 fully saturated rings. The van der Waals surface area contributed by atoms with Crippen LogP contribution < -0.4 is 15.5 Å². The minimum absolute atomic E-state index is 0.240. The number of hydrogen-bond acceptors (Lipinski definition) is 5. The molecule has 0 atom stereocenters. The van der Waals surface area contributed by atoms with Gasteiger partial charge < -0.3 is 10.1 Å². The van der Waals surface area contributed by atoms with Crippen LogP contribution in [0, 0.1) is 5.82 Å². The van der Waals surface area contributed by atoms with Crippen LogP contribution in [-0.4, -0.2) is 30.5 Å². The largest absolute Gasteiger partial charge is 0.423 e. The zero-order chi connectivity index (χ0) is 23.5. The third kappa shape index (κ3) is 7.87. The van der Waals surface area contributed by atoms with Gasteiger partial charge in [0.15, 0.2) is 0 Å². The number of ether oxygens (including phenoxy) is 1. The lowest BCUT2D eigenvalue weighted by molar-refractivity contribution is -0.129. The van der Waals surface area contributed by atoms with E-state index in [1.807, 2.05) is 30.3 Å². The first-order valence-corrected chi connectivity index (χ1v) is 9.90. The first kappa shape index (κ1) is 23.1. The maximum Gasteiger partial charge on any atom is 0.336 e. The number of carbonyl (C=O) groups excluding carboxylic acids is 3. The molecule has 3 rings (SSSR count). The zero-order valence-electron chi connectivity index (χ0n) is 17.4. The van der Waals surface area contributed by atoms with Crippen molar-refractivity contribution in [3.8, 4) is 5.75 Å². The summed E-state index contributed by atoms with van der Waals surface area (Å²) >= 11 is 0. The van der Waals surface area contributed by atoms with Crippen molar-refractivity contribution < 1.29 is 23.5 Å². The minimum Gasteiger partial charge on any atom is -0.423 e. The molecule has 0 aliphatic carbocycles. The van der Waals surface area contributed by atoms with Gasteiger partial charge in [0.1, 0.15) is 11.6 Å². The molecule has 0 spiro atoms. The Morgan fingerprint density at radius 1 is 0.879 bits per heavy atom. The van der Waals surface area contributed by atoms with Gasteiger partial charge >= 0.3 is 5.97 Å². The number of hydrazone groups is 1. The standard InChI is InChI=1S/C25H20FN3O4/c26-21-11-9-20(10-12-21)25(32)27-17-23(30)29-28-16-19-6-13-22(14-7-19)33-24(31)15-8-18-4-2-1-3-5-18/h1-16H,17H2,(H,27,32)(H,29,30)/b15-8+,28-16+. The van der Waals surface area contributed by atoms with Crippen LogP contribution in [0.4, 0.5) is 4.39 Å². The summed E-state index contributed by atoms with van der Waals surface area (Å²) in [6.45, 7) is -0.293.